The molecule has 2 rings (SSSR count). The summed E-state index contributed by atoms with van der Waals surface area (Å²) in [5, 5.41) is 0. The number of hydrogen-bond donors (Lipinski definition) is 1. The number of aryl methyl sites for hydroxylation is 2. The van der Waals surface area contributed by atoms with Crippen LogP contribution in [0.4, 0.5) is 0 Å². The van der Waals surface area contributed by atoms with Crippen LogP contribution in [0.3, 0.4) is 0 Å². The van der Waals surface area contributed by atoms with Gasteiger partial charge in [-0.15, -0.1) is 11.3 Å². The van der Waals surface area contributed by atoms with Crippen molar-refractivity contribution in [2.45, 2.75) is 45.1 Å². The van der Waals surface area contributed by atoms with E-state index in [0.29, 0.717) is 43.4 Å². The average Bonchev–Trinajstić information content (AvgIpc) is 2.85. The van der Waals surface area contributed by atoms with Crippen molar-refractivity contribution in [1.82, 2.24) is 9.21 Å². The van der Waals surface area contributed by atoms with Crippen molar-refractivity contribution >= 4 is 27.3 Å². The molecule has 1 aromatic rings. The SMILES string of the molecule is Cc1cc(S(=O)(=O)N2CCN(C(=O)[C@@H](N)CC(C)C)CC2)c(C)s1. The molecule has 0 aliphatic carbocycles. The van der Waals surface area contributed by atoms with Crippen LogP contribution in [-0.2, 0) is 14.8 Å². The lowest BCUT2D eigenvalue weighted by molar-refractivity contribution is -0.134. The zero-order valence-electron chi connectivity index (χ0n) is 14.8. The van der Waals surface area contributed by atoms with Gasteiger partial charge in [-0.25, -0.2) is 8.42 Å². The Morgan fingerprint density at radius 3 is 2.29 bits per heavy atom. The lowest BCUT2D eigenvalue weighted by Gasteiger charge is -2.35. The Hall–Kier alpha value is -0.960. The molecule has 0 radical (unpaired) electrons. The standard InChI is InChI=1S/C16H27N3O3S2/c1-11(2)9-14(17)16(20)18-5-7-19(8-6-18)24(21,22)15-10-12(3)23-13(15)4/h10-11,14H,5-9,17H2,1-4H3/t14-/m0/s1. The van der Waals surface area contributed by atoms with Gasteiger partial charge in [-0.2, -0.15) is 4.31 Å². The molecule has 0 saturated carbocycles. The number of amides is 1. The third kappa shape index (κ3) is 4.17. The number of thiophene rings is 1. The van der Waals surface area contributed by atoms with Gasteiger partial charge in [0, 0.05) is 35.9 Å². The maximum atomic E-state index is 12.8. The monoisotopic (exact) mass is 373 g/mol. The van der Waals surface area contributed by atoms with Gasteiger partial charge in [0.05, 0.1) is 10.9 Å². The van der Waals surface area contributed by atoms with Gasteiger partial charge in [0.2, 0.25) is 15.9 Å². The Balaban J connectivity index is 2.02. The summed E-state index contributed by atoms with van der Waals surface area (Å²) in [6.07, 6.45) is 0.644. The highest BCUT2D eigenvalue weighted by molar-refractivity contribution is 7.89. The first-order chi connectivity index (χ1) is 11.1. The highest BCUT2D eigenvalue weighted by Crippen LogP contribution is 2.28. The molecule has 136 valence electrons. The quantitative estimate of drug-likeness (QED) is 0.849. The minimum Gasteiger partial charge on any atom is -0.339 e. The molecule has 0 aromatic carbocycles. The predicted molar refractivity (Wildman–Crippen MR) is 96.6 cm³/mol. The van der Waals surface area contributed by atoms with Crippen molar-refractivity contribution < 1.29 is 13.2 Å². The number of nitrogens with two attached hydrogens (primary N) is 1. The van der Waals surface area contributed by atoms with Crippen molar-refractivity contribution in [3.63, 3.8) is 0 Å². The molecule has 1 aliphatic rings. The average molecular weight is 374 g/mol. The summed E-state index contributed by atoms with van der Waals surface area (Å²) in [6, 6.07) is 1.22. The van der Waals surface area contributed by atoms with Crippen molar-refractivity contribution in [3.05, 3.63) is 15.8 Å². The topological polar surface area (TPSA) is 83.7 Å². The normalized spacial score (nSPS) is 18.2. The zero-order chi connectivity index (χ0) is 18.1. The smallest absolute Gasteiger partial charge is 0.244 e. The molecule has 8 heteroatoms. The molecule has 0 bridgehead atoms. The second-order valence-corrected chi connectivity index (χ2v) is 10.1. The molecule has 1 atom stereocenters. The van der Waals surface area contributed by atoms with Crippen LogP contribution in [-0.4, -0.2) is 55.8 Å². The lowest BCUT2D eigenvalue weighted by Crippen LogP contribution is -2.54. The first-order valence-corrected chi connectivity index (χ1v) is 10.5. The third-order valence-electron chi connectivity index (χ3n) is 4.21. The van der Waals surface area contributed by atoms with Crippen LogP contribution in [0.2, 0.25) is 0 Å². The second-order valence-electron chi connectivity index (χ2n) is 6.74. The van der Waals surface area contributed by atoms with Crippen molar-refractivity contribution in [2.75, 3.05) is 26.2 Å². The van der Waals surface area contributed by atoms with Crippen LogP contribution in [0.5, 0.6) is 0 Å². The van der Waals surface area contributed by atoms with Crippen molar-refractivity contribution in [3.8, 4) is 0 Å². The molecular formula is C16H27N3O3S2. The van der Waals surface area contributed by atoms with Crippen molar-refractivity contribution in [2.24, 2.45) is 11.7 Å². The largest absolute Gasteiger partial charge is 0.339 e. The molecular weight excluding hydrogens is 346 g/mol. The minimum atomic E-state index is -3.49. The summed E-state index contributed by atoms with van der Waals surface area (Å²) >= 11 is 1.49. The molecule has 2 heterocycles. The number of carbonyl (C=O) groups is 1. The van der Waals surface area contributed by atoms with Crippen LogP contribution < -0.4 is 5.73 Å². The summed E-state index contributed by atoms with van der Waals surface area (Å²) in [5.74, 6) is 0.277. The van der Waals surface area contributed by atoms with E-state index in [-0.39, 0.29) is 5.91 Å². The molecule has 24 heavy (non-hydrogen) atoms. The van der Waals surface area contributed by atoms with Crippen LogP contribution in [0.15, 0.2) is 11.0 Å². The van der Waals surface area contributed by atoms with Gasteiger partial charge in [-0.1, -0.05) is 13.8 Å². The van der Waals surface area contributed by atoms with E-state index >= 15 is 0 Å². The van der Waals surface area contributed by atoms with Gasteiger partial charge < -0.3 is 10.6 Å². The first-order valence-electron chi connectivity index (χ1n) is 8.24. The van der Waals surface area contributed by atoms with Crippen molar-refractivity contribution in [1.29, 1.82) is 0 Å². The zero-order valence-corrected chi connectivity index (χ0v) is 16.4. The summed E-state index contributed by atoms with van der Waals surface area (Å²) in [4.78, 5) is 16.2. The van der Waals surface area contributed by atoms with E-state index in [1.54, 1.807) is 11.0 Å². The molecule has 1 aliphatic heterocycles. The maximum Gasteiger partial charge on any atom is 0.244 e. The van der Waals surface area contributed by atoms with E-state index in [4.69, 9.17) is 5.73 Å². The van der Waals surface area contributed by atoms with Crippen LogP contribution in [0.25, 0.3) is 0 Å². The molecule has 0 spiro atoms. The summed E-state index contributed by atoms with van der Waals surface area (Å²) in [6.45, 7) is 9.22. The Labute approximate surface area is 148 Å². The maximum absolute atomic E-state index is 12.8. The fourth-order valence-corrected chi connectivity index (χ4v) is 5.94. The highest BCUT2D eigenvalue weighted by atomic mass is 32.2. The Kier molecular flexibility index (Phi) is 6.06. The van der Waals surface area contributed by atoms with Crippen LogP contribution in [0.1, 0.15) is 30.0 Å². The van der Waals surface area contributed by atoms with E-state index in [1.165, 1.54) is 15.6 Å². The number of piperazine rings is 1. The van der Waals surface area contributed by atoms with Gasteiger partial charge in [-0.3, -0.25) is 4.79 Å². The van der Waals surface area contributed by atoms with Gasteiger partial charge in [0.15, 0.2) is 0 Å². The molecule has 1 aromatic heterocycles. The van der Waals surface area contributed by atoms with E-state index in [9.17, 15) is 13.2 Å². The molecule has 6 nitrogen and oxygen atoms in total. The highest BCUT2D eigenvalue weighted by Gasteiger charge is 2.33. The Morgan fingerprint density at radius 1 is 1.25 bits per heavy atom. The van der Waals surface area contributed by atoms with Gasteiger partial charge in [0.25, 0.3) is 0 Å². The minimum absolute atomic E-state index is 0.0803. The summed E-state index contributed by atoms with van der Waals surface area (Å²) in [7, 11) is -3.49. The van der Waals surface area contributed by atoms with E-state index < -0.39 is 16.1 Å². The molecule has 2 N–H and O–H groups in total. The Bertz CT molecular complexity index is 689. The number of rotatable bonds is 5. The van der Waals surface area contributed by atoms with E-state index in [2.05, 4.69) is 0 Å². The molecule has 1 saturated heterocycles. The first kappa shape index (κ1) is 19.4. The number of hydrogen-bond acceptors (Lipinski definition) is 5. The molecule has 1 amide bonds. The summed E-state index contributed by atoms with van der Waals surface area (Å²) < 4.78 is 27.0. The van der Waals surface area contributed by atoms with Gasteiger partial charge in [0.1, 0.15) is 0 Å². The fourth-order valence-electron chi connectivity index (χ4n) is 2.99. The number of carbonyl (C=O) groups excluding carboxylic acids is 1. The summed E-state index contributed by atoms with van der Waals surface area (Å²) in [5.41, 5.74) is 5.96. The van der Waals surface area contributed by atoms with E-state index in [1.807, 2.05) is 27.7 Å². The number of nitrogens with zero attached hydrogens (tertiary/aromatic N) is 2. The van der Waals surface area contributed by atoms with Crippen LogP contribution in [0, 0.1) is 19.8 Å². The van der Waals surface area contributed by atoms with Gasteiger partial charge in [-0.05, 0) is 32.3 Å². The lowest BCUT2D eigenvalue weighted by atomic mass is 10.0. The predicted octanol–water partition coefficient (Wildman–Crippen LogP) is 1.57. The molecule has 1 fully saturated rings. The number of sulfonamides is 1. The Morgan fingerprint density at radius 2 is 1.83 bits per heavy atom. The fraction of sp³-hybridized carbons (Fsp3) is 0.688. The van der Waals surface area contributed by atoms with Crippen LogP contribution >= 0.6 is 11.3 Å². The van der Waals surface area contributed by atoms with E-state index in [0.717, 1.165) is 9.75 Å². The van der Waals surface area contributed by atoms with Gasteiger partial charge >= 0.3 is 0 Å². The molecule has 0 unspecified atom stereocenters. The third-order valence-corrected chi connectivity index (χ3v) is 7.33. The second kappa shape index (κ2) is 7.51.